The summed E-state index contributed by atoms with van der Waals surface area (Å²) in [6.45, 7) is 3.60. The molecule has 1 amide bonds. The Balaban J connectivity index is 1.86. The van der Waals surface area contributed by atoms with E-state index in [2.05, 4.69) is 31.0 Å². The number of amides is 1. The van der Waals surface area contributed by atoms with Crippen LogP contribution in [-0.2, 0) is 0 Å². The maximum atomic E-state index is 12.3. The Bertz CT molecular complexity index is 756. The number of H-pyrrole nitrogens is 1. The molecule has 2 N–H and O–H groups in total. The third-order valence-electron chi connectivity index (χ3n) is 3.07. The number of hydrogen-bond acceptors (Lipinski definition) is 5. The number of anilines is 1. The molecule has 0 bridgehead atoms. The smallest absolute Gasteiger partial charge is 0.259 e. The van der Waals surface area contributed by atoms with Gasteiger partial charge >= 0.3 is 0 Å². The van der Waals surface area contributed by atoms with E-state index < -0.39 is 0 Å². The fourth-order valence-corrected chi connectivity index (χ4v) is 2.08. The molecule has 0 aliphatic rings. The maximum absolute atomic E-state index is 12.3. The minimum Gasteiger partial charge on any atom is -0.322 e. The lowest BCUT2D eigenvalue weighted by Crippen LogP contribution is -2.14. The van der Waals surface area contributed by atoms with Gasteiger partial charge in [-0.2, -0.15) is 5.10 Å². The Morgan fingerprint density at radius 1 is 1.33 bits per heavy atom. The predicted octanol–water partition coefficient (Wildman–Crippen LogP) is 1.25. The lowest BCUT2D eigenvalue weighted by atomic mass is 10.2. The van der Waals surface area contributed by atoms with E-state index in [9.17, 15) is 4.79 Å². The standard InChI is InChI=1S/C13H13N7O/c1-8-12(9(2)17-16-8)13(21)15-10-4-3-5-11(6-10)20-7-14-18-19-20/h3-7H,1-2H3,(H,15,21)(H,16,17). The van der Waals surface area contributed by atoms with Crippen LogP contribution in [0.2, 0.25) is 0 Å². The van der Waals surface area contributed by atoms with Gasteiger partial charge in [0.2, 0.25) is 0 Å². The highest BCUT2D eigenvalue weighted by Gasteiger charge is 2.15. The molecule has 21 heavy (non-hydrogen) atoms. The van der Waals surface area contributed by atoms with Gasteiger partial charge in [0, 0.05) is 11.4 Å². The molecule has 3 rings (SSSR count). The van der Waals surface area contributed by atoms with Gasteiger partial charge in [-0.15, -0.1) is 5.10 Å². The Morgan fingerprint density at radius 2 is 2.19 bits per heavy atom. The van der Waals surface area contributed by atoms with Gasteiger partial charge in [-0.3, -0.25) is 9.89 Å². The van der Waals surface area contributed by atoms with Crippen LogP contribution in [-0.4, -0.2) is 36.3 Å². The first-order valence-corrected chi connectivity index (χ1v) is 6.31. The molecule has 0 spiro atoms. The van der Waals surface area contributed by atoms with Crippen molar-refractivity contribution in [1.82, 2.24) is 30.4 Å². The number of carbonyl (C=O) groups excluding carboxylic acids is 1. The molecule has 0 saturated heterocycles. The number of rotatable bonds is 3. The van der Waals surface area contributed by atoms with Gasteiger partial charge in [0.15, 0.2) is 0 Å². The van der Waals surface area contributed by atoms with Gasteiger partial charge in [-0.05, 0) is 42.5 Å². The van der Waals surface area contributed by atoms with Crippen LogP contribution in [0.4, 0.5) is 5.69 Å². The molecule has 8 heteroatoms. The van der Waals surface area contributed by atoms with Gasteiger partial charge in [0.1, 0.15) is 6.33 Å². The normalized spacial score (nSPS) is 10.6. The Hall–Kier alpha value is -3.03. The molecule has 1 aromatic carbocycles. The number of nitrogens with one attached hydrogen (secondary N) is 2. The Labute approximate surface area is 120 Å². The van der Waals surface area contributed by atoms with Crippen LogP contribution in [0.3, 0.4) is 0 Å². The van der Waals surface area contributed by atoms with E-state index in [1.54, 1.807) is 19.1 Å². The summed E-state index contributed by atoms with van der Waals surface area (Å²) in [4.78, 5) is 12.3. The fraction of sp³-hybridized carbons (Fsp3) is 0.154. The lowest BCUT2D eigenvalue weighted by molar-refractivity contribution is 0.102. The van der Waals surface area contributed by atoms with Crippen molar-refractivity contribution in [1.29, 1.82) is 0 Å². The zero-order chi connectivity index (χ0) is 14.8. The number of aryl methyl sites for hydroxylation is 2. The average Bonchev–Trinajstić information content (AvgIpc) is 3.09. The number of aromatic nitrogens is 6. The van der Waals surface area contributed by atoms with E-state index in [4.69, 9.17) is 0 Å². The summed E-state index contributed by atoms with van der Waals surface area (Å²) < 4.78 is 1.52. The first-order chi connectivity index (χ1) is 10.1. The van der Waals surface area contributed by atoms with Crippen molar-refractivity contribution < 1.29 is 4.79 Å². The third-order valence-corrected chi connectivity index (χ3v) is 3.07. The molecule has 2 heterocycles. The van der Waals surface area contributed by atoms with Crippen molar-refractivity contribution in [2.75, 3.05) is 5.32 Å². The number of benzene rings is 1. The molecule has 3 aromatic rings. The van der Waals surface area contributed by atoms with Gasteiger partial charge in [0.05, 0.1) is 16.9 Å². The van der Waals surface area contributed by atoms with Crippen LogP contribution in [0.5, 0.6) is 0 Å². The minimum atomic E-state index is -0.201. The highest BCUT2D eigenvalue weighted by atomic mass is 16.1. The number of hydrogen-bond donors (Lipinski definition) is 2. The summed E-state index contributed by atoms with van der Waals surface area (Å²) >= 11 is 0. The van der Waals surface area contributed by atoms with Crippen molar-refractivity contribution in [3.63, 3.8) is 0 Å². The highest BCUT2D eigenvalue weighted by molar-refractivity contribution is 6.05. The van der Waals surface area contributed by atoms with Crippen molar-refractivity contribution in [3.05, 3.63) is 47.5 Å². The van der Waals surface area contributed by atoms with Crippen molar-refractivity contribution >= 4 is 11.6 Å². The first-order valence-electron chi connectivity index (χ1n) is 6.31. The van der Waals surface area contributed by atoms with Crippen LogP contribution in [0, 0.1) is 13.8 Å². The van der Waals surface area contributed by atoms with Gasteiger partial charge in [-0.25, -0.2) is 4.68 Å². The summed E-state index contributed by atoms with van der Waals surface area (Å²) in [7, 11) is 0. The quantitative estimate of drug-likeness (QED) is 0.753. The number of aromatic amines is 1. The maximum Gasteiger partial charge on any atom is 0.259 e. The van der Waals surface area contributed by atoms with E-state index in [1.807, 2.05) is 19.1 Å². The second-order valence-electron chi connectivity index (χ2n) is 4.57. The van der Waals surface area contributed by atoms with Gasteiger partial charge in [-0.1, -0.05) is 6.07 Å². The molecule has 0 aliphatic carbocycles. The zero-order valence-corrected chi connectivity index (χ0v) is 11.5. The van der Waals surface area contributed by atoms with E-state index in [0.29, 0.717) is 16.9 Å². The average molecular weight is 283 g/mol. The molecule has 0 aliphatic heterocycles. The Morgan fingerprint density at radius 3 is 2.86 bits per heavy atom. The topological polar surface area (TPSA) is 101 Å². The molecule has 0 atom stereocenters. The number of nitrogens with zero attached hydrogens (tertiary/aromatic N) is 5. The summed E-state index contributed by atoms with van der Waals surface area (Å²) in [6, 6.07) is 7.26. The predicted molar refractivity (Wildman–Crippen MR) is 75.2 cm³/mol. The Kier molecular flexibility index (Phi) is 3.19. The monoisotopic (exact) mass is 283 g/mol. The summed E-state index contributed by atoms with van der Waals surface area (Å²) in [5, 5.41) is 20.6. The van der Waals surface area contributed by atoms with Crippen LogP contribution in [0.25, 0.3) is 5.69 Å². The van der Waals surface area contributed by atoms with E-state index in [1.165, 1.54) is 11.0 Å². The van der Waals surface area contributed by atoms with Crippen molar-refractivity contribution in [2.24, 2.45) is 0 Å². The van der Waals surface area contributed by atoms with Gasteiger partial charge < -0.3 is 5.32 Å². The third kappa shape index (κ3) is 2.50. The van der Waals surface area contributed by atoms with E-state index in [0.717, 1.165) is 11.4 Å². The minimum absolute atomic E-state index is 0.201. The number of carbonyl (C=O) groups is 1. The summed E-state index contributed by atoms with van der Waals surface area (Å²) in [6.07, 6.45) is 1.49. The van der Waals surface area contributed by atoms with Crippen LogP contribution < -0.4 is 5.32 Å². The second-order valence-corrected chi connectivity index (χ2v) is 4.57. The number of tetrazole rings is 1. The van der Waals surface area contributed by atoms with Crippen LogP contribution in [0.1, 0.15) is 21.7 Å². The lowest BCUT2D eigenvalue weighted by Gasteiger charge is -2.07. The highest BCUT2D eigenvalue weighted by Crippen LogP contribution is 2.16. The molecule has 0 fully saturated rings. The van der Waals surface area contributed by atoms with Crippen molar-refractivity contribution in [2.45, 2.75) is 13.8 Å². The first kappa shape index (κ1) is 13.0. The largest absolute Gasteiger partial charge is 0.322 e. The van der Waals surface area contributed by atoms with E-state index >= 15 is 0 Å². The fourth-order valence-electron chi connectivity index (χ4n) is 2.08. The summed E-state index contributed by atoms with van der Waals surface area (Å²) in [5.41, 5.74) is 3.39. The second kappa shape index (κ2) is 5.16. The molecular weight excluding hydrogens is 270 g/mol. The molecule has 0 radical (unpaired) electrons. The van der Waals surface area contributed by atoms with Crippen LogP contribution >= 0.6 is 0 Å². The molecule has 2 aromatic heterocycles. The van der Waals surface area contributed by atoms with Crippen LogP contribution in [0.15, 0.2) is 30.6 Å². The molecule has 8 nitrogen and oxygen atoms in total. The molecular formula is C13H13N7O. The van der Waals surface area contributed by atoms with Crippen molar-refractivity contribution in [3.8, 4) is 5.69 Å². The summed E-state index contributed by atoms with van der Waals surface area (Å²) in [5.74, 6) is -0.201. The molecule has 106 valence electrons. The van der Waals surface area contributed by atoms with Gasteiger partial charge in [0.25, 0.3) is 5.91 Å². The van der Waals surface area contributed by atoms with E-state index in [-0.39, 0.29) is 5.91 Å². The molecule has 0 saturated carbocycles. The molecule has 0 unspecified atom stereocenters. The SMILES string of the molecule is Cc1n[nH]c(C)c1C(=O)Nc1cccc(-n2cnnn2)c1. The zero-order valence-electron chi connectivity index (χ0n) is 11.5.